The highest BCUT2D eigenvalue weighted by Crippen LogP contribution is 2.09. The molecule has 4 heteroatoms. The Hall–Kier alpha value is -1.16. The molecule has 0 aromatic carbocycles. The number of nitrogens with zero attached hydrogens (tertiary/aromatic N) is 1. The number of rotatable bonds is 4. The first-order chi connectivity index (χ1) is 6.67. The average molecular weight is 196 g/mol. The molecule has 4 nitrogen and oxygen atoms in total. The molecule has 0 saturated heterocycles. The summed E-state index contributed by atoms with van der Waals surface area (Å²) in [5, 5.41) is 9.51. The summed E-state index contributed by atoms with van der Waals surface area (Å²) >= 11 is 0. The van der Waals surface area contributed by atoms with Crippen LogP contribution >= 0.6 is 0 Å². The highest BCUT2D eigenvalue weighted by Gasteiger charge is 2.08. The van der Waals surface area contributed by atoms with Crippen molar-refractivity contribution in [2.24, 2.45) is 0 Å². The van der Waals surface area contributed by atoms with Crippen LogP contribution in [0, 0.1) is 0 Å². The number of aliphatic hydroxyl groups excluding tert-OH is 1. The molecule has 0 aliphatic heterocycles. The van der Waals surface area contributed by atoms with E-state index in [1.807, 2.05) is 13.8 Å². The summed E-state index contributed by atoms with van der Waals surface area (Å²) in [6.07, 6.45) is 1.60. The summed E-state index contributed by atoms with van der Waals surface area (Å²) in [5.41, 5.74) is 0.560. The molecule has 14 heavy (non-hydrogen) atoms. The lowest BCUT2D eigenvalue weighted by molar-refractivity contribution is 0.163. The first-order valence-corrected chi connectivity index (χ1v) is 4.95. The third-order valence-corrected chi connectivity index (χ3v) is 2.02. The second-order valence-corrected chi connectivity index (χ2v) is 3.30. The van der Waals surface area contributed by atoms with Gasteiger partial charge < -0.3 is 10.1 Å². The van der Waals surface area contributed by atoms with Crippen molar-refractivity contribution in [2.75, 3.05) is 0 Å². The van der Waals surface area contributed by atoms with Crippen molar-refractivity contribution < 1.29 is 5.11 Å². The zero-order valence-electron chi connectivity index (χ0n) is 8.58. The van der Waals surface area contributed by atoms with E-state index in [9.17, 15) is 9.90 Å². The number of H-pyrrole nitrogens is 1. The van der Waals surface area contributed by atoms with E-state index < -0.39 is 6.10 Å². The molecule has 0 aliphatic carbocycles. The van der Waals surface area contributed by atoms with Gasteiger partial charge in [0.15, 0.2) is 0 Å². The van der Waals surface area contributed by atoms with Gasteiger partial charge in [-0.3, -0.25) is 4.79 Å². The zero-order valence-corrected chi connectivity index (χ0v) is 8.58. The van der Waals surface area contributed by atoms with Gasteiger partial charge in [0.2, 0.25) is 0 Å². The predicted octanol–water partition coefficient (Wildman–Crippen LogP) is 1.17. The van der Waals surface area contributed by atoms with Gasteiger partial charge in [0, 0.05) is 11.8 Å². The first kappa shape index (κ1) is 10.9. The molecule has 0 bridgehead atoms. The lowest BCUT2D eigenvalue weighted by Crippen LogP contribution is -2.15. The van der Waals surface area contributed by atoms with E-state index >= 15 is 0 Å². The molecule has 2 N–H and O–H groups in total. The lowest BCUT2D eigenvalue weighted by Gasteiger charge is -2.07. The Morgan fingerprint density at radius 1 is 1.57 bits per heavy atom. The van der Waals surface area contributed by atoms with Gasteiger partial charge in [0.1, 0.15) is 11.9 Å². The van der Waals surface area contributed by atoms with Crippen LogP contribution in [-0.2, 0) is 6.42 Å². The van der Waals surface area contributed by atoms with Gasteiger partial charge in [0.05, 0.1) is 0 Å². The molecule has 0 spiro atoms. The summed E-state index contributed by atoms with van der Waals surface area (Å²) < 4.78 is 0. The maximum absolute atomic E-state index is 11.2. The number of aromatic amines is 1. The van der Waals surface area contributed by atoms with Crippen LogP contribution in [0.1, 0.15) is 44.3 Å². The Bertz CT molecular complexity index is 346. The standard InChI is InChI=1S/C10H16N2O2/c1-3-5-7-6-9(14)12-10(11-7)8(13)4-2/h6,8,13H,3-5H2,1-2H3,(H,11,12,14). The van der Waals surface area contributed by atoms with Gasteiger partial charge in [-0.1, -0.05) is 20.3 Å². The maximum Gasteiger partial charge on any atom is 0.251 e. The van der Waals surface area contributed by atoms with Gasteiger partial charge in [-0.15, -0.1) is 0 Å². The number of nitrogens with one attached hydrogen (secondary N) is 1. The van der Waals surface area contributed by atoms with Crippen molar-refractivity contribution in [3.05, 3.63) is 27.9 Å². The molecule has 0 fully saturated rings. The van der Waals surface area contributed by atoms with Crippen LogP contribution in [0.3, 0.4) is 0 Å². The van der Waals surface area contributed by atoms with Crippen LogP contribution in [0.4, 0.5) is 0 Å². The molecule has 78 valence electrons. The molecule has 1 unspecified atom stereocenters. The quantitative estimate of drug-likeness (QED) is 0.759. The first-order valence-electron chi connectivity index (χ1n) is 4.95. The van der Waals surface area contributed by atoms with E-state index in [-0.39, 0.29) is 5.56 Å². The summed E-state index contributed by atoms with van der Waals surface area (Å²) in [6, 6.07) is 1.48. The Balaban J connectivity index is 3.00. The van der Waals surface area contributed by atoms with Gasteiger partial charge in [-0.05, 0) is 12.8 Å². The fourth-order valence-corrected chi connectivity index (χ4v) is 1.26. The predicted molar refractivity (Wildman–Crippen MR) is 54.1 cm³/mol. The summed E-state index contributed by atoms with van der Waals surface area (Å²) in [7, 11) is 0. The normalized spacial score (nSPS) is 12.8. The van der Waals surface area contributed by atoms with E-state index in [2.05, 4.69) is 9.97 Å². The molecule has 1 aromatic rings. The van der Waals surface area contributed by atoms with Crippen LogP contribution in [0.5, 0.6) is 0 Å². The molecule has 0 aliphatic rings. The maximum atomic E-state index is 11.2. The van der Waals surface area contributed by atoms with Crippen LogP contribution in [0.2, 0.25) is 0 Å². The minimum Gasteiger partial charge on any atom is -0.385 e. The molecule has 1 rings (SSSR count). The second-order valence-electron chi connectivity index (χ2n) is 3.30. The smallest absolute Gasteiger partial charge is 0.251 e. The number of aromatic nitrogens is 2. The molecule has 0 amide bonds. The van der Waals surface area contributed by atoms with Gasteiger partial charge in [-0.2, -0.15) is 0 Å². The van der Waals surface area contributed by atoms with Crippen LogP contribution in [0.25, 0.3) is 0 Å². The Morgan fingerprint density at radius 3 is 2.86 bits per heavy atom. The molecule has 1 aromatic heterocycles. The van der Waals surface area contributed by atoms with Gasteiger partial charge in [0.25, 0.3) is 5.56 Å². The third-order valence-electron chi connectivity index (χ3n) is 2.02. The van der Waals surface area contributed by atoms with Crippen molar-refractivity contribution in [2.45, 2.75) is 39.2 Å². The Morgan fingerprint density at radius 2 is 2.29 bits per heavy atom. The van der Waals surface area contributed by atoms with E-state index in [0.29, 0.717) is 12.2 Å². The Kier molecular flexibility index (Phi) is 3.83. The SMILES string of the molecule is CCCc1cc(=O)[nH]c(C(O)CC)n1. The lowest BCUT2D eigenvalue weighted by atomic mass is 10.2. The van der Waals surface area contributed by atoms with E-state index in [1.165, 1.54) is 6.07 Å². The fraction of sp³-hybridized carbons (Fsp3) is 0.600. The second kappa shape index (κ2) is 4.91. The van der Waals surface area contributed by atoms with E-state index in [4.69, 9.17) is 0 Å². The van der Waals surface area contributed by atoms with Crippen molar-refractivity contribution in [3.8, 4) is 0 Å². The van der Waals surface area contributed by atoms with Crippen LogP contribution in [-0.4, -0.2) is 15.1 Å². The van der Waals surface area contributed by atoms with Crippen molar-refractivity contribution >= 4 is 0 Å². The summed E-state index contributed by atoms with van der Waals surface area (Å²) in [6.45, 7) is 3.87. The highest BCUT2D eigenvalue weighted by atomic mass is 16.3. The van der Waals surface area contributed by atoms with Crippen LogP contribution < -0.4 is 5.56 Å². The molecule has 0 saturated carbocycles. The number of hydrogen-bond donors (Lipinski definition) is 2. The van der Waals surface area contributed by atoms with Gasteiger partial charge >= 0.3 is 0 Å². The summed E-state index contributed by atoms with van der Waals surface area (Å²) in [4.78, 5) is 17.9. The highest BCUT2D eigenvalue weighted by molar-refractivity contribution is 5.04. The third kappa shape index (κ3) is 2.67. The van der Waals surface area contributed by atoms with Crippen molar-refractivity contribution in [3.63, 3.8) is 0 Å². The molecular formula is C10H16N2O2. The summed E-state index contributed by atoms with van der Waals surface area (Å²) in [5.74, 6) is 0.378. The molecule has 0 radical (unpaired) electrons. The Labute approximate surface area is 83.0 Å². The van der Waals surface area contributed by atoms with Gasteiger partial charge in [-0.25, -0.2) is 4.98 Å². The van der Waals surface area contributed by atoms with Crippen molar-refractivity contribution in [1.82, 2.24) is 9.97 Å². The number of aryl methyl sites for hydroxylation is 1. The van der Waals surface area contributed by atoms with Crippen molar-refractivity contribution in [1.29, 1.82) is 0 Å². The fourth-order valence-electron chi connectivity index (χ4n) is 1.26. The largest absolute Gasteiger partial charge is 0.385 e. The van der Waals surface area contributed by atoms with E-state index in [1.54, 1.807) is 0 Å². The topological polar surface area (TPSA) is 66.0 Å². The minimum absolute atomic E-state index is 0.189. The molecule has 1 heterocycles. The average Bonchev–Trinajstić information content (AvgIpc) is 2.16. The van der Waals surface area contributed by atoms with E-state index in [0.717, 1.165) is 18.5 Å². The minimum atomic E-state index is -0.667. The molecule has 1 atom stereocenters. The number of aliphatic hydroxyl groups is 1. The number of hydrogen-bond acceptors (Lipinski definition) is 3. The van der Waals surface area contributed by atoms with Crippen LogP contribution in [0.15, 0.2) is 10.9 Å². The molecular weight excluding hydrogens is 180 g/mol. The zero-order chi connectivity index (χ0) is 10.6. The monoisotopic (exact) mass is 196 g/mol.